The zero-order chi connectivity index (χ0) is 21.8. The average Bonchev–Trinajstić information content (AvgIpc) is 3.23. The molecule has 0 bridgehead atoms. The first-order valence-corrected chi connectivity index (χ1v) is 11.1. The fourth-order valence-corrected chi connectivity index (χ4v) is 4.08. The van der Waals surface area contributed by atoms with Gasteiger partial charge in [-0.15, -0.1) is 0 Å². The highest BCUT2D eigenvalue weighted by Crippen LogP contribution is 2.27. The molecule has 0 saturated carbocycles. The van der Waals surface area contributed by atoms with E-state index in [0.29, 0.717) is 31.9 Å². The summed E-state index contributed by atoms with van der Waals surface area (Å²) >= 11 is 3.41. The Bertz CT molecular complexity index is 1030. The number of carbonyl (C=O) groups excluding carboxylic acids is 2. The molecule has 1 atom stereocenters. The minimum Gasteiger partial charge on any atom is -0.469 e. The van der Waals surface area contributed by atoms with Crippen molar-refractivity contribution in [3.8, 4) is 0 Å². The van der Waals surface area contributed by atoms with Gasteiger partial charge in [0.15, 0.2) is 5.58 Å². The lowest BCUT2D eigenvalue weighted by atomic mass is 9.94. The van der Waals surface area contributed by atoms with Gasteiger partial charge in [0, 0.05) is 23.5 Å². The number of hydrogen-bond acceptors (Lipinski definition) is 6. The van der Waals surface area contributed by atoms with Crippen molar-refractivity contribution in [3.63, 3.8) is 0 Å². The van der Waals surface area contributed by atoms with Gasteiger partial charge in [0.25, 0.3) is 6.01 Å². The van der Waals surface area contributed by atoms with Crippen LogP contribution in [-0.4, -0.2) is 37.1 Å². The normalized spacial score (nSPS) is 15.6. The maximum atomic E-state index is 13.0. The van der Waals surface area contributed by atoms with E-state index in [9.17, 15) is 9.59 Å². The number of esters is 1. The molecule has 8 heteroatoms. The lowest BCUT2D eigenvalue weighted by Crippen LogP contribution is -2.42. The van der Waals surface area contributed by atoms with Crippen LogP contribution in [-0.2, 0) is 14.3 Å². The Labute approximate surface area is 188 Å². The number of ether oxygens (including phenoxy) is 1. The molecule has 1 fully saturated rings. The van der Waals surface area contributed by atoms with E-state index in [1.807, 2.05) is 48.5 Å². The number of fused-ring (bicyclic) bond motifs is 1. The zero-order valence-corrected chi connectivity index (χ0v) is 18.8. The average molecular weight is 486 g/mol. The second-order valence-electron chi connectivity index (χ2n) is 7.62. The maximum absolute atomic E-state index is 13.0. The standard InChI is InChI=1S/C23H24BrN3O4/c1-30-21(28)14-19(15-6-8-17(24)9-7-15)25-22(29)16-10-12-27(13-11-16)23-26-18-4-2-3-5-20(18)31-23/h2-9,16,19H,10-14H2,1H3,(H,25,29). The number of oxazole rings is 1. The smallest absolute Gasteiger partial charge is 0.307 e. The maximum Gasteiger partial charge on any atom is 0.307 e. The van der Waals surface area contributed by atoms with E-state index in [1.54, 1.807) is 0 Å². The van der Waals surface area contributed by atoms with Crippen molar-refractivity contribution in [2.75, 3.05) is 25.1 Å². The van der Waals surface area contributed by atoms with Gasteiger partial charge >= 0.3 is 5.97 Å². The zero-order valence-electron chi connectivity index (χ0n) is 17.2. The van der Waals surface area contributed by atoms with Crippen LogP contribution in [0.25, 0.3) is 11.1 Å². The Kier molecular flexibility index (Phi) is 6.56. The van der Waals surface area contributed by atoms with Gasteiger partial charge in [-0.1, -0.05) is 40.2 Å². The molecule has 2 aromatic carbocycles. The number of para-hydroxylation sites is 2. The first-order valence-electron chi connectivity index (χ1n) is 10.3. The molecule has 1 aliphatic rings. The van der Waals surface area contributed by atoms with Gasteiger partial charge in [-0.05, 0) is 42.7 Å². The van der Waals surface area contributed by atoms with E-state index in [4.69, 9.17) is 9.15 Å². The van der Waals surface area contributed by atoms with Crippen LogP contribution in [0.3, 0.4) is 0 Å². The van der Waals surface area contributed by atoms with Crippen molar-refractivity contribution < 1.29 is 18.7 Å². The van der Waals surface area contributed by atoms with Crippen molar-refractivity contribution in [1.29, 1.82) is 0 Å². The third-order valence-corrected chi connectivity index (χ3v) is 6.13. The summed E-state index contributed by atoms with van der Waals surface area (Å²) in [6.45, 7) is 1.37. The molecule has 7 nitrogen and oxygen atoms in total. The molecule has 1 saturated heterocycles. The third kappa shape index (κ3) is 5.07. The van der Waals surface area contributed by atoms with E-state index < -0.39 is 6.04 Å². The number of benzene rings is 2. The second kappa shape index (κ2) is 9.51. The van der Waals surface area contributed by atoms with Crippen LogP contribution in [0.15, 0.2) is 57.4 Å². The number of rotatable bonds is 6. The molecule has 31 heavy (non-hydrogen) atoms. The van der Waals surface area contributed by atoms with Gasteiger partial charge in [0.2, 0.25) is 5.91 Å². The van der Waals surface area contributed by atoms with Crippen LogP contribution in [0.5, 0.6) is 0 Å². The number of carbonyl (C=O) groups is 2. The van der Waals surface area contributed by atoms with Crippen molar-refractivity contribution in [2.24, 2.45) is 5.92 Å². The topological polar surface area (TPSA) is 84.7 Å². The van der Waals surface area contributed by atoms with Gasteiger partial charge in [-0.2, -0.15) is 4.98 Å². The lowest BCUT2D eigenvalue weighted by Gasteiger charge is -2.31. The monoisotopic (exact) mass is 485 g/mol. The molecule has 4 rings (SSSR count). The molecule has 1 aromatic heterocycles. The number of amides is 1. The fraction of sp³-hybridized carbons (Fsp3) is 0.348. The molecule has 0 spiro atoms. The van der Waals surface area contributed by atoms with Crippen molar-refractivity contribution in [2.45, 2.75) is 25.3 Å². The molecule has 1 N–H and O–H groups in total. The molecule has 0 aliphatic carbocycles. The minimum atomic E-state index is -0.428. The molecular formula is C23H24BrN3O4. The number of piperidine rings is 1. The Balaban J connectivity index is 1.39. The Morgan fingerprint density at radius 2 is 1.90 bits per heavy atom. The molecule has 2 heterocycles. The van der Waals surface area contributed by atoms with E-state index in [-0.39, 0.29) is 24.2 Å². The van der Waals surface area contributed by atoms with Crippen LogP contribution >= 0.6 is 15.9 Å². The van der Waals surface area contributed by atoms with Gasteiger partial charge in [0.05, 0.1) is 19.6 Å². The van der Waals surface area contributed by atoms with E-state index >= 15 is 0 Å². The highest BCUT2D eigenvalue weighted by Gasteiger charge is 2.29. The molecule has 1 amide bonds. The molecular weight excluding hydrogens is 462 g/mol. The van der Waals surface area contributed by atoms with E-state index in [2.05, 4.69) is 31.1 Å². The number of hydrogen-bond donors (Lipinski definition) is 1. The molecule has 0 radical (unpaired) electrons. The number of halogens is 1. The molecule has 1 aliphatic heterocycles. The summed E-state index contributed by atoms with van der Waals surface area (Å²) in [7, 11) is 1.35. The van der Waals surface area contributed by atoms with Crippen molar-refractivity contribution >= 4 is 44.9 Å². The fourth-order valence-electron chi connectivity index (χ4n) is 3.82. The van der Waals surface area contributed by atoms with Gasteiger partial charge in [-0.25, -0.2) is 0 Å². The highest BCUT2D eigenvalue weighted by molar-refractivity contribution is 9.10. The van der Waals surface area contributed by atoms with Crippen LogP contribution in [0.2, 0.25) is 0 Å². The Morgan fingerprint density at radius 1 is 1.19 bits per heavy atom. The molecule has 3 aromatic rings. The van der Waals surface area contributed by atoms with Crippen LogP contribution < -0.4 is 10.2 Å². The summed E-state index contributed by atoms with van der Waals surface area (Å²) in [5.41, 5.74) is 2.46. The largest absolute Gasteiger partial charge is 0.469 e. The van der Waals surface area contributed by atoms with Crippen molar-refractivity contribution in [3.05, 3.63) is 58.6 Å². The number of aromatic nitrogens is 1. The summed E-state index contributed by atoms with van der Waals surface area (Å²) in [6, 6.07) is 15.4. The lowest BCUT2D eigenvalue weighted by molar-refractivity contribution is -0.141. The van der Waals surface area contributed by atoms with Gasteiger partial charge < -0.3 is 19.4 Å². The number of methoxy groups -OCH3 is 1. The third-order valence-electron chi connectivity index (χ3n) is 5.61. The quantitative estimate of drug-likeness (QED) is 0.525. The van der Waals surface area contributed by atoms with E-state index in [1.165, 1.54) is 7.11 Å². The van der Waals surface area contributed by atoms with Gasteiger partial charge in [-0.3, -0.25) is 9.59 Å². The summed E-state index contributed by atoms with van der Waals surface area (Å²) in [4.78, 5) is 31.5. The molecule has 1 unspecified atom stereocenters. The second-order valence-corrected chi connectivity index (χ2v) is 8.53. The summed E-state index contributed by atoms with van der Waals surface area (Å²) in [6.07, 6.45) is 1.47. The van der Waals surface area contributed by atoms with E-state index in [0.717, 1.165) is 21.1 Å². The minimum absolute atomic E-state index is 0.0472. The predicted molar refractivity (Wildman–Crippen MR) is 121 cm³/mol. The summed E-state index contributed by atoms with van der Waals surface area (Å²) in [5, 5.41) is 3.05. The van der Waals surface area contributed by atoms with Gasteiger partial charge in [0.1, 0.15) is 5.52 Å². The highest BCUT2D eigenvalue weighted by atomic mass is 79.9. The number of anilines is 1. The first-order chi connectivity index (χ1) is 15.0. The van der Waals surface area contributed by atoms with Crippen LogP contribution in [0.1, 0.15) is 30.9 Å². The summed E-state index contributed by atoms with van der Waals surface area (Å²) in [5.74, 6) is -0.538. The summed E-state index contributed by atoms with van der Waals surface area (Å²) < 4.78 is 11.6. The van der Waals surface area contributed by atoms with Crippen molar-refractivity contribution in [1.82, 2.24) is 10.3 Å². The predicted octanol–water partition coefficient (Wildman–Crippen LogP) is 4.23. The SMILES string of the molecule is COC(=O)CC(NC(=O)C1CCN(c2nc3ccccc3o2)CC1)c1ccc(Br)cc1. The van der Waals surface area contributed by atoms with Crippen LogP contribution in [0, 0.1) is 5.92 Å². The first kappa shape index (κ1) is 21.4. The Hall–Kier alpha value is -2.87. The van der Waals surface area contributed by atoms with Crippen LogP contribution in [0.4, 0.5) is 6.01 Å². The number of nitrogens with zero attached hydrogens (tertiary/aromatic N) is 2. The number of nitrogens with one attached hydrogen (secondary N) is 1. The molecule has 162 valence electrons. The Morgan fingerprint density at radius 3 is 2.58 bits per heavy atom.